The third-order valence-electron chi connectivity index (χ3n) is 11.2. The van der Waals surface area contributed by atoms with Crippen LogP contribution in [0.4, 0.5) is 17.1 Å². The van der Waals surface area contributed by atoms with Crippen LogP contribution in [0.3, 0.4) is 0 Å². The molecule has 0 N–H and O–H groups in total. The second-order valence-corrected chi connectivity index (χ2v) is 15.6. The number of hydrogen-bond donors (Lipinski definition) is 0. The maximum absolute atomic E-state index is 2.48. The Morgan fingerprint density at radius 3 is 1.58 bits per heavy atom. The molecule has 0 bridgehead atoms. The third kappa shape index (κ3) is 5.71. The largest absolute Gasteiger partial charge is 0.310 e. The van der Waals surface area contributed by atoms with Gasteiger partial charge in [-0.15, -0.1) is 11.3 Å². The summed E-state index contributed by atoms with van der Waals surface area (Å²) < 4.78 is 5.10. The van der Waals surface area contributed by atoms with Crippen LogP contribution in [0.25, 0.3) is 81.0 Å². The average Bonchev–Trinajstić information content (AvgIpc) is 3.84. The lowest BCUT2D eigenvalue weighted by molar-refractivity contribution is 1.20. The molecule has 0 fully saturated rings. The van der Waals surface area contributed by atoms with E-state index >= 15 is 0 Å². The first kappa shape index (κ1) is 33.2. The molecule has 0 saturated carbocycles. The molecule has 0 amide bonds. The van der Waals surface area contributed by atoms with Crippen LogP contribution in [0.2, 0.25) is 0 Å². The highest BCUT2D eigenvalue weighted by atomic mass is 32.1. The smallest absolute Gasteiger partial charge is 0.0640 e. The fraction of sp³-hybridized carbons (Fsp3) is 0. The van der Waals surface area contributed by atoms with Crippen molar-refractivity contribution in [2.24, 2.45) is 0 Å². The molecule has 3 heteroatoms. The Hall–Kier alpha value is -7.20. The summed E-state index contributed by atoms with van der Waals surface area (Å²) >= 11 is 1.88. The number of thiophene rings is 1. The van der Waals surface area contributed by atoms with Gasteiger partial charge in [-0.3, -0.25) is 0 Å². The second-order valence-electron chi connectivity index (χ2n) is 14.5. The van der Waals surface area contributed by atoms with Crippen LogP contribution < -0.4 is 4.90 Å². The fourth-order valence-corrected chi connectivity index (χ4v) is 9.76. The van der Waals surface area contributed by atoms with Crippen LogP contribution in [-0.4, -0.2) is 4.57 Å². The van der Waals surface area contributed by atoms with Crippen molar-refractivity contribution >= 4 is 70.4 Å². The van der Waals surface area contributed by atoms with Crippen LogP contribution in [0, 0.1) is 0 Å². The molecular weight excluding hydrogens is 709 g/mol. The van der Waals surface area contributed by atoms with Crippen molar-refractivity contribution in [3.05, 3.63) is 218 Å². The van der Waals surface area contributed by atoms with Crippen molar-refractivity contribution in [1.82, 2.24) is 4.57 Å². The highest BCUT2D eigenvalue weighted by Crippen LogP contribution is 2.44. The van der Waals surface area contributed by atoms with Gasteiger partial charge in [0.15, 0.2) is 0 Å². The summed E-state index contributed by atoms with van der Waals surface area (Å²) in [5.74, 6) is 0. The Bertz CT molecular complexity index is 3130. The van der Waals surface area contributed by atoms with Gasteiger partial charge >= 0.3 is 0 Å². The van der Waals surface area contributed by atoms with E-state index in [0.717, 1.165) is 17.1 Å². The van der Waals surface area contributed by atoms with Gasteiger partial charge in [0.2, 0.25) is 0 Å². The number of benzene rings is 9. The van der Waals surface area contributed by atoms with E-state index in [9.17, 15) is 0 Å². The van der Waals surface area contributed by atoms with E-state index in [-0.39, 0.29) is 0 Å². The SMILES string of the molecule is c1ccc(-c2ccc(N(c3ccc(-c4ccccc4)cc3)c3cccc(-c4cccc5c4c4ccccc4n5-c4cccc5c4sc4ccccc45)c3)cc2)cc1. The summed E-state index contributed by atoms with van der Waals surface area (Å²) in [6.45, 7) is 0. The molecule has 2 aromatic heterocycles. The lowest BCUT2D eigenvalue weighted by Gasteiger charge is -2.26. The first-order valence-corrected chi connectivity index (χ1v) is 20.2. The molecular formula is C54H36N2S. The summed E-state index contributed by atoms with van der Waals surface area (Å²) in [6, 6.07) is 79.2. The van der Waals surface area contributed by atoms with Crippen LogP contribution in [0.5, 0.6) is 0 Å². The van der Waals surface area contributed by atoms with Crippen LogP contribution in [0.15, 0.2) is 218 Å². The Labute approximate surface area is 335 Å². The number of rotatable bonds is 7. The number of fused-ring (bicyclic) bond motifs is 6. The maximum Gasteiger partial charge on any atom is 0.0640 e. The molecule has 0 atom stereocenters. The van der Waals surface area contributed by atoms with Gasteiger partial charge in [-0.05, 0) is 94.0 Å². The molecule has 2 heterocycles. The number of nitrogens with zero attached hydrogens (tertiary/aromatic N) is 2. The summed E-state index contributed by atoms with van der Waals surface area (Å²) in [5, 5.41) is 5.12. The number of hydrogen-bond acceptors (Lipinski definition) is 2. The van der Waals surface area contributed by atoms with E-state index in [4.69, 9.17) is 0 Å². The highest BCUT2D eigenvalue weighted by Gasteiger charge is 2.20. The number of para-hydroxylation sites is 1. The predicted molar refractivity (Wildman–Crippen MR) is 245 cm³/mol. The minimum absolute atomic E-state index is 1.10. The average molecular weight is 745 g/mol. The number of aromatic nitrogens is 1. The lowest BCUT2D eigenvalue weighted by Crippen LogP contribution is -2.10. The number of anilines is 3. The van der Waals surface area contributed by atoms with Gasteiger partial charge in [0.25, 0.3) is 0 Å². The quantitative estimate of drug-likeness (QED) is 0.158. The van der Waals surface area contributed by atoms with E-state index in [1.165, 1.54) is 81.0 Å². The van der Waals surface area contributed by atoms with E-state index < -0.39 is 0 Å². The molecule has 57 heavy (non-hydrogen) atoms. The Balaban J connectivity index is 1.07. The van der Waals surface area contributed by atoms with E-state index in [0.29, 0.717) is 0 Å². The van der Waals surface area contributed by atoms with E-state index in [1.54, 1.807) is 0 Å². The molecule has 0 unspecified atom stereocenters. The zero-order valence-electron chi connectivity index (χ0n) is 31.1. The Kier molecular flexibility index (Phi) is 8.04. The van der Waals surface area contributed by atoms with Crippen LogP contribution >= 0.6 is 11.3 Å². The molecule has 0 spiro atoms. The maximum atomic E-state index is 2.48. The van der Waals surface area contributed by atoms with E-state index in [2.05, 4.69) is 228 Å². The van der Waals surface area contributed by atoms with Crippen molar-refractivity contribution in [3.63, 3.8) is 0 Å². The minimum atomic E-state index is 1.10. The van der Waals surface area contributed by atoms with Gasteiger partial charge in [-0.2, -0.15) is 0 Å². The first-order chi connectivity index (χ1) is 28.3. The van der Waals surface area contributed by atoms with Gasteiger partial charge in [-0.1, -0.05) is 158 Å². The molecule has 2 nitrogen and oxygen atoms in total. The monoisotopic (exact) mass is 744 g/mol. The van der Waals surface area contributed by atoms with Gasteiger partial charge < -0.3 is 9.47 Å². The summed E-state index contributed by atoms with van der Waals surface area (Å²) in [5.41, 5.74) is 14.1. The molecule has 11 rings (SSSR count). The highest BCUT2D eigenvalue weighted by molar-refractivity contribution is 7.26. The molecule has 0 aliphatic rings. The fourth-order valence-electron chi connectivity index (χ4n) is 8.55. The minimum Gasteiger partial charge on any atom is -0.310 e. The topological polar surface area (TPSA) is 8.17 Å². The van der Waals surface area contributed by atoms with E-state index in [1.807, 2.05) is 11.3 Å². The lowest BCUT2D eigenvalue weighted by atomic mass is 9.98. The Morgan fingerprint density at radius 1 is 0.351 bits per heavy atom. The Morgan fingerprint density at radius 2 is 0.877 bits per heavy atom. The zero-order chi connectivity index (χ0) is 37.7. The van der Waals surface area contributed by atoms with Gasteiger partial charge in [0.1, 0.15) is 0 Å². The van der Waals surface area contributed by atoms with Crippen molar-refractivity contribution in [2.75, 3.05) is 4.90 Å². The van der Waals surface area contributed by atoms with Crippen LogP contribution in [0.1, 0.15) is 0 Å². The predicted octanol–water partition coefficient (Wildman–Crippen LogP) is 15.6. The van der Waals surface area contributed by atoms with Gasteiger partial charge in [0.05, 0.1) is 21.4 Å². The van der Waals surface area contributed by atoms with Gasteiger partial charge in [-0.25, -0.2) is 0 Å². The van der Waals surface area contributed by atoms with Crippen molar-refractivity contribution in [2.45, 2.75) is 0 Å². The standard InChI is InChI=1S/C54H36N2S/c1-3-14-37(15-4-1)39-28-32-42(33-29-39)55(43-34-30-40(31-35-43)38-16-5-2-6-17-38)44-19-11-18-41(36-44)45-22-12-25-50-53(45)48-21-7-9-24-49(48)56(50)51-26-13-23-47-46-20-8-10-27-52(46)57-54(47)51/h1-36H. The molecule has 0 aliphatic carbocycles. The summed E-state index contributed by atoms with van der Waals surface area (Å²) in [7, 11) is 0. The van der Waals surface area contributed by atoms with Gasteiger partial charge in [0, 0.05) is 43.3 Å². The zero-order valence-corrected chi connectivity index (χ0v) is 31.9. The normalized spacial score (nSPS) is 11.5. The molecule has 11 aromatic rings. The molecule has 9 aromatic carbocycles. The first-order valence-electron chi connectivity index (χ1n) is 19.4. The van der Waals surface area contributed by atoms with Crippen molar-refractivity contribution < 1.29 is 0 Å². The van der Waals surface area contributed by atoms with Crippen LogP contribution in [-0.2, 0) is 0 Å². The molecule has 268 valence electrons. The molecule has 0 saturated heterocycles. The summed E-state index contributed by atoms with van der Waals surface area (Å²) in [6.07, 6.45) is 0. The van der Waals surface area contributed by atoms with Crippen molar-refractivity contribution in [1.29, 1.82) is 0 Å². The molecule has 0 radical (unpaired) electrons. The third-order valence-corrected chi connectivity index (χ3v) is 12.4. The van der Waals surface area contributed by atoms with Crippen molar-refractivity contribution in [3.8, 4) is 39.1 Å². The summed E-state index contributed by atoms with van der Waals surface area (Å²) in [4.78, 5) is 2.37. The second kappa shape index (κ2) is 13.8. The molecule has 0 aliphatic heterocycles.